The van der Waals surface area contributed by atoms with Crippen molar-refractivity contribution in [1.82, 2.24) is 20.2 Å². The Balaban J connectivity index is 0.951. The van der Waals surface area contributed by atoms with Crippen LogP contribution >= 0.6 is 0 Å². The number of hydrogen-bond donors (Lipinski definition) is 4. The highest BCUT2D eigenvalue weighted by atomic mass is 16.7. The van der Waals surface area contributed by atoms with Gasteiger partial charge in [0.25, 0.3) is 0 Å². The van der Waals surface area contributed by atoms with Gasteiger partial charge in [0.2, 0.25) is 17.8 Å². The molecule has 0 aliphatic carbocycles. The van der Waals surface area contributed by atoms with Crippen LogP contribution in [0.2, 0.25) is 0 Å². The molecular weight excluding hydrogens is 719 g/mol. The van der Waals surface area contributed by atoms with E-state index in [1.165, 1.54) is 0 Å². The number of unbranched alkanes of at least 4 members (excludes halogenated alkanes) is 1. The summed E-state index contributed by atoms with van der Waals surface area (Å²) in [6, 6.07) is 33.4. The van der Waals surface area contributed by atoms with Crippen LogP contribution < -0.4 is 21.3 Å². The largest absolute Gasteiger partial charge is 0.397 e. The van der Waals surface area contributed by atoms with Gasteiger partial charge in [-0.05, 0) is 71.0 Å². The number of aromatic nitrogens is 2. The number of amides is 2. The molecule has 2 amide bonds. The van der Waals surface area contributed by atoms with E-state index in [0.29, 0.717) is 50.0 Å². The fraction of sp³-hybridized carbons (Fsp3) is 0.333. The summed E-state index contributed by atoms with van der Waals surface area (Å²) >= 11 is 0. The van der Waals surface area contributed by atoms with Gasteiger partial charge in [-0.15, -0.1) is 0 Å². The molecule has 4 aromatic carbocycles. The maximum atomic E-state index is 12.7. The average Bonchev–Trinajstić information content (AvgIpc) is 3.26. The van der Waals surface area contributed by atoms with Crippen LogP contribution in [0.5, 0.6) is 0 Å². The second kappa shape index (κ2) is 19.5. The lowest BCUT2D eigenvalue weighted by Crippen LogP contribution is -2.50. The molecule has 0 radical (unpaired) electrons. The number of anilines is 3. The molecular formula is C45H51N7O5. The van der Waals surface area contributed by atoms with Crippen LogP contribution in [-0.4, -0.2) is 70.6 Å². The van der Waals surface area contributed by atoms with Crippen molar-refractivity contribution < 1.29 is 24.2 Å². The Hall–Kier alpha value is -5.66. The quantitative estimate of drug-likeness (QED) is 0.0695. The first-order valence-electron chi connectivity index (χ1n) is 19.8. The predicted octanol–water partition coefficient (Wildman–Crippen LogP) is 6.40. The zero-order valence-corrected chi connectivity index (χ0v) is 32.1. The lowest BCUT2D eigenvalue weighted by atomic mass is 9.98. The maximum absolute atomic E-state index is 12.7. The highest BCUT2D eigenvalue weighted by Gasteiger charge is 2.34. The monoisotopic (exact) mass is 769 g/mol. The zero-order chi connectivity index (χ0) is 39.4. The Morgan fingerprint density at radius 2 is 1.47 bits per heavy atom. The number of nitrogens with one attached hydrogen (secondary N) is 2. The second-order valence-electron chi connectivity index (χ2n) is 14.6. The molecule has 3 unspecified atom stereocenters. The van der Waals surface area contributed by atoms with Crippen molar-refractivity contribution in [1.29, 1.82) is 0 Å². The number of para-hydroxylation sites is 2. The van der Waals surface area contributed by atoms with Crippen LogP contribution in [0.4, 0.5) is 17.3 Å². The molecule has 2 aliphatic heterocycles. The Morgan fingerprint density at radius 1 is 0.754 bits per heavy atom. The first-order valence-corrected chi connectivity index (χ1v) is 19.8. The molecule has 0 bridgehead atoms. The number of aliphatic hydroxyl groups is 1. The van der Waals surface area contributed by atoms with E-state index in [2.05, 4.69) is 54.7 Å². The number of nitrogens with zero attached hydrogens (tertiary/aromatic N) is 4. The topological polar surface area (TPSA) is 155 Å². The highest BCUT2D eigenvalue weighted by Crippen LogP contribution is 2.39. The van der Waals surface area contributed by atoms with E-state index >= 15 is 0 Å². The van der Waals surface area contributed by atoms with Crippen molar-refractivity contribution >= 4 is 29.1 Å². The van der Waals surface area contributed by atoms with Gasteiger partial charge in [0, 0.05) is 76.5 Å². The molecule has 0 spiro atoms. The molecule has 57 heavy (non-hydrogen) atoms. The summed E-state index contributed by atoms with van der Waals surface area (Å²) in [7, 11) is 0. The molecule has 2 aliphatic rings. The fourth-order valence-electron chi connectivity index (χ4n) is 7.32. The van der Waals surface area contributed by atoms with Gasteiger partial charge in [0.05, 0.1) is 30.2 Å². The first-order chi connectivity index (χ1) is 27.9. The number of aliphatic hydroxyl groups excluding tert-OH is 1. The van der Waals surface area contributed by atoms with Gasteiger partial charge in [-0.1, -0.05) is 72.8 Å². The molecule has 12 nitrogen and oxygen atoms in total. The third kappa shape index (κ3) is 11.0. The van der Waals surface area contributed by atoms with E-state index in [1.807, 2.05) is 66.7 Å². The Kier molecular flexibility index (Phi) is 13.5. The van der Waals surface area contributed by atoms with Crippen LogP contribution in [-0.2, 0) is 32.2 Å². The van der Waals surface area contributed by atoms with Gasteiger partial charge >= 0.3 is 0 Å². The average molecular weight is 770 g/mol. The smallest absolute Gasteiger partial charge is 0.225 e. The zero-order valence-electron chi connectivity index (χ0n) is 32.1. The Labute approximate surface area is 334 Å². The van der Waals surface area contributed by atoms with E-state index in [9.17, 15) is 14.7 Å². The normalized spacial score (nSPS) is 18.5. The first kappa shape index (κ1) is 39.6. The van der Waals surface area contributed by atoms with Crippen molar-refractivity contribution in [3.8, 4) is 11.1 Å². The summed E-state index contributed by atoms with van der Waals surface area (Å²) in [5.74, 6) is 0.597. The minimum atomic E-state index is -0.574. The molecule has 1 aromatic heterocycles. The molecule has 0 saturated carbocycles. The number of hydrogen-bond acceptors (Lipinski definition) is 10. The molecule has 3 atom stereocenters. The predicted molar refractivity (Wildman–Crippen MR) is 221 cm³/mol. The number of ether oxygens (including phenoxy) is 2. The summed E-state index contributed by atoms with van der Waals surface area (Å²) in [5.41, 5.74) is 12.9. The summed E-state index contributed by atoms with van der Waals surface area (Å²) < 4.78 is 13.4. The summed E-state index contributed by atoms with van der Waals surface area (Å²) in [5, 5.41) is 15.5. The molecule has 296 valence electrons. The number of rotatable bonds is 15. The highest BCUT2D eigenvalue weighted by molar-refractivity contribution is 5.93. The van der Waals surface area contributed by atoms with Crippen molar-refractivity contribution in [3.63, 3.8) is 0 Å². The molecule has 5 aromatic rings. The number of carbonyl (C=O) groups is 2. The van der Waals surface area contributed by atoms with Crippen molar-refractivity contribution in [3.05, 3.63) is 138 Å². The molecule has 2 fully saturated rings. The third-order valence-corrected chi connectivity index (χ3v) is 10.5. The van der Waals surface area contributed by atoms with Crippen LogP contribution in [0.15, 0.2) is 116 Å². The van der Waals surface area contributed by atoms with E-state index in [1.54, 1.807) is 24.5 Å². The SMILES string of the molecule is Nc1ccccc1NC(=O)CCCCC(=O)NCc1cccc(-c2cccc(C3OC(CN4CCN(c5ncccn5)CC4)CC(c4ccc(CO)cc4)O3)c2)c1. The molecule has 3 heterocycles. The van der Waals surface area contributed by atoms with E-state index < -0.39 is 6.29 Å². The lowest BCUT2D eigenvalue weighted by molar-refractivity contribution is -0.253. The van der Waals surface area contributed by atoms with Gasteiger partial charge in [0.1, 0.15) is 0 Å². The Morgan fingerprint density at radius 3 is 2.23 bits per heavy atom. The number of nitrogen functional groups attached to an aromatic ring is 1. The Bertz CT molecular complexity index is 2070. The number of benzene rings is 4. The van der Waals surface area contributed by atoms with E-state index in [-0.39, 0.29) is 30.6 Å². The van der Waals surface area contributed by atoms with Gasteiger partial charge in [-0.2, -0.15) is 0 Å². The van der Waals surface area contributed by atoms with Crippen LogP contribution in [0, 0.1) is 0 Å². The minimum Gasteiger partial charge on any atom is -0.397 e. The summed E-state index contributed by atoms with van der Waals surface area (Å²) in [6.07, 6.45) is 5.34. The lowest BCUT2D eigenvalue weighted by Gasteiger charge is -2.40. The van der Waals surface area contributed by atoms with Gasteiger partial charge in [0.15, 0.2) is 6.29 Å². The number of nitrogens with two attached hydrogens (primary N) is 1. The van der Waals surface area contributed by atoms with E-state index in [0.717, 1.165) is 72.1 Å². The minimum absolute atomic E-state index is 0.00544. The second-order valence-corrected chi connectivity index (χ2v) is 14.6. The van der Waals surface area contributed by atoms with E-state index in [4.69, 9.17) is 15.2 Å². The molecule has 12 heteroatoms. The standard InChI is InChI=1S/C45H51N7O5/c46-39-12-1-2-13-40(39)50-43(55)15-4-3-14-42(54)49-29-33-8-5-9-35(26-33)36-10-6-11-37(27-36)44-56-38(28-41(57-44)34-18-16-32(31-53)17-19-34)30-51-22-24-52(25-23-51)45-47-20-7-21-48-45/h1-2,5-13,16-21,26-27,38,41,44,53H,3-4,14-15,22-25,28-31,46H2,(H,49,54)(H,50,55). The number of piperazine rings is 1. The van der Waals surface area contributed by atoms with Crippen LogP contribution in [0.1, 0.15) is 66.8 Å². The van der Waals surface area contributed by atoms with Crippen LogP contribution in [0.25, 0.3) is 11.1 Å². The van der Waals surface area contributed by atoms with Crippen molar-refractivity contribution in [2.75, 3.05) is 48.7 Å². The molecule has 5 N–H and O–H groups in total. The molecule has 7 rings (SSSR count). The summed E-state index contributed by atoms with van der Waals surface area (Å²) in [6.45, 7) is 4.64. The maximum Gasteiger partial charge on any atom is 0.225 e. The van der Waals surface area contributed by atoms with Crippen molar-refractivity contribution in [2.24, 2.45) is 0 Å². The fourth-order valence-corrected chi connectivity index (χ4v) is 7.32. The van der Waals surface area contributed by atoms with Crippen molar-refractivity contribution in [2.45, 2.75) is 63.8 Å². The number of carbonyl (C=O) groups excluding carboxylic acids is 2. The summed E-state index contributed by atoms with van der Waals surface area (Å²) in [4.78, 5) is 38.5. The van der Waals surface area contributed by atoms with Gasteiger partial charge in [-0.25, -0.2) is 9.97 Å². The third-order valence-electron chi connectivity index (χ3n) is 10.5. The molecule has 2 saturated heterocycles. The van der Waals surface area contributed by atoms with Gasteiger partial charge < -0.3 is 35.8 Å². The van der Waals surface area contributed by atoms with Crippen LogP contribution in [0.3, 0.4) is 0 Å². The van der Waals surface area contributed by atoms with Gasteiger partial charge in [-0.3, -0.25) is 14.5 Å².